The van der Waals surface area contributed by atoms with Gasteiger partial charge in [0.25, 0.3) is 5.91 Å². The van der Waals surface area contributed by atoms with Gasteiger partial charge in [-0.15, -0.1) is 10.2 Å². The van der Waals surface area contributed by atoms with Crippen LogP contribution in [0, 0.1) is 0 Å². The van der Waals surface area contributed by atoms with Gasteiger partial charge >= 0.3 is 0 Å². The number of benzene rings is 1. The van der Waals surface area contributed by atoms with Crippen LogP contribution in [-0.2, 0) is 13.0 Å². The smallest absolute Gasteiger partial charge is 0.257 e. The lowest BCUT2D eigenvalue weighted by molar-refractivity contribution is 0.0784. The van der Waals surface area contributed by atoms with Crippen LogP contribution in [0.2, 0.25) is 5.02 Å². The first-order valence-corrected chi connectivity index (χ1v) is 8.86. The van der Waals surface area contributed by atoms with Crippen LogP contribution in [0.15, 0.2) is 42.6 Å². The quantitative estimate of drug-likeness (QED) is 0.651. The van der Waals surface area contributed by atoms with Gasteiger partial charge in [0, 0.05) is 24.7 Å². The Kier molecular flexibility index (Phi) is 5.71. The minimum atomic E-state index is -0.102. The summed E-state index contributed by atoms with van der Waals surface area (Å²) in [5.41, 5.74) is 2.33. The van der Waals surface area contributed by atoms with Gasteiger partial charge in [0.2, 0.25) is 5.88 Å². The zero-order valence-corrected chi connectivity index (χ0v) is 16.1. The average Bonchev–Trinajstić information content (AvgIpc) is 3.13. The second-order valence-electron chi connectivity index (χ2n) is 5.99. The third-order valence-corrected chi connectivity index (χ3v) is 4.42. The lowest BCUT2D eigenvalue weighted by atomic mass is 10.1. The molecule has 3 aromatic rings. The number of hydrogen-bond donors (Lipinski definition) is 0. The van der Waals surface area contributed by atoms with E-state index in [1.165, 1.54) is 7.11 Å². The molecule has 0 aliphatic heterocycles. The molecule has 0 radical (unpaired) electrons. The minimum Gasteiger partial charge on any atom is -0.480 e. The van der Waals surface area contributed by atoms with Crippen molar-refractivity contribution in [2.24, 2.45) is 0 Å². The topological polar surface area (TPSA) is 73.1 Å². The van der Waals surface area contributed by atoms with Crippen molar-refractivity contribution >= 4 is 17.5 Å². The maximum atomic E-state index is 12.9. The van der Waals surface area contributed by atoms with Crippen molar-refractivity contribution in [1.82, 2.24) is 24.9 Å². The van der Waals surface area contributed by atoms with Crippen molar-refractivity contribution in [2.45, 2.75) is 19.9 Å². The van der Waals surface area contributed by atoms with Crippen LogP contribution >= 0.6 is 11.6 Å². The summed E-state index contributed by atoms with van der Waals surface area (Å²) < 4.78 is 6.66. The van der Waals surface area contributed by atoms with Crippen LogP contribution < -0.4 is 4.74 Å². The number of halogens is 1. The van der Waals surface area contributed by atoms with Gasteiger partial charge in [0.1, 0.15) is 0 Å². The molecular formula is C19H20ClN5O2. The number of amides is 1. The van der Waals surface area contributed by atoms with E-state index in [-0.39, 0.29) is 5.91 Å². The molecule has 0 saturated carbocycles. The molecule has 0 atom stereocenters. The summed E-state index contributed by atoms with van der Waals surface area (Å²) in [4.78, 5) is 14.6. The largest absolute Gasteiger partial charge is 0.480 e. The van der Waals surface area contributed by atoms with E-state index in [4.69, 9.17) is 16.3 Å². The number of methoxy groups -OCH3 is 1. The third-order valence-electron chi connectivity index (χ3n) is 4.17. The normalized spacial score (nSPS) is 10.7. The summed E-state index contributed by atoms with van der Waals surface area (Å²) in [5, 5.41) is 13.1. The van der Waals surface area contributed by atoms with Crippen molar-refractivity contribution in [3.63, 3.8) is 0 Å². The fraction of sp³-hybridized carbons (Fsp3) is 0.263. The molecule has 140 valence electrons. The minimum absolute atomic E-state index is 0.102. The highest BCUT2D eigenvalue weighted by Gasteiger charge is 2.21. The number of rotatable bonds is 6. The average molecular weight is 386 g/mol. The number of nitrogens with zero attached hydrogens (tertiary/aromatic N) is 5. The highest BCUT2D eigenvalue weighted by Crippen LogP contribution is 2.18. The summed E-state index contributed by atoms with van der Waals surface area (Å²) in [6.07, 6.45) is 2.20. The Balaban J connectivity index is 1.84. The standard InChI is InChI=1S/C19H20ClN5O2/c1-4-16-15(11-21-25(16)17-9-10-18(27-3)23-22-17)19(26)24(2)12-13-5-7-14(20)8-6-13/h5-11H,4,12H2,1-3H3. The van der Waals surface area contributed by atoms with Gasteiger partial charge in [-0.3, -0.25) is 4.79 Å². The molecule has 0 spiro atoms. The number of aromatic nitrogens is 4. The fourth-order valence-corrected chi connectivity index (χ4v) is 2.89. The van der Waals surface area contributed by atoms with Crippen LogP contribution in [0.25, 0.3) is 5.82 Å². The summed E-state index contributed by atoms with van der Waals surface area (Å²) in [6.45, 7) is 2.45. The van der Waals surface area contributed by atoms with E-state index in [0.29, 0.717) is 35.2 Å². The maximum absolute atomic E-state index is 12.9. The number of carbonyl (C=O) groups is 1. The van der Waals surface area contributed by atoms with E-state index in [2.05, 4.69) is 15.3 Å². The molecule has 0 N–H and O–H groups in total. The van der Waals surface area contributed by atoms with Gasteiger partial charge in [0.05, 0.1) is 24.6 Å². The molecule has 2 heterocycles. The Labute approximate surface area is 162 Å². The first kappa shape index (κ1) is 18.8. The van der Waals surface area contributed by atoms with Crippen molar-refractivity contribution in [3.05, 3.63) is 64.4 Å². The van der Waals surface area contributed by atoms with Crippen molar-refractivity contribution in [1.29, 1.82) is 0 Å². The SMILES string of the molecule is CCc1c(C(=O)N(C)Cc2ccc(Cl)cc2)cnn1-c1ccc(OC)nn1. The summed E-state index contributed by atoms with van der Waals surface area (Å²) in [6, 6.07) is 10.9. The van der Waals surface area contributed by atoms with E-state index in [9.17, 15) is 4.79 Å². The maximum Gasteiger partial charge on any atom is 0.257 e. The molecule has 0 saturated heterocycles. The van der Waals surface area contributed by atoms with Crippen molar-refractivity contribution < 1.29 is 9.53 Å². The van der Waals surface area contributed by atoms with E-state index in [1.54, 1.807) is 35.0 Å². The van der Waals surface area contributed by atoms with Crippen molar-refractivity contribution in [2.75, 3.05) is 14.2 Å². The second-order valence-corrected chi connectivity index (χ2v) is 6.43. The molecule has 27 heavy (non-hydrogen) atoms. The number of carbonyl (C=O) groups excluding carboxylic acids is 1. The lowest BCUT2D eigenvalue weighted by Gasteiger charge is -2.17. The monoisotopic (exact) mass is 385 g/mol. The molecule has 8 heteroatoms. The molecule has 0 bridgehead atoms. The molecule has 1 amide bonds. The Morgan fingerprint density at radius 3 is 2.52 bits per heavy atom. The Bertz CT molecular complexity index is 922. The van der Waals surface area contributed by atoms with Gasteiger partial charge in [-0.1, -0.05) is 30.7 Å². The third kappa shape index (κ3) is 4.09. The van der Waals surface area contributed by atoms with Gasteiger partial charge in [-0.2, -0.15) is 5.10 Å². The zero-order chi connectivity index (χ0) is 19.4. The van der Waals surface area contributed by atoms with Crippen LogP contribution in [-0.4, -0.2) is 44.9 Å². The van der Waals surface area contributed by atoms with Crippen LogP contribution in [0.3, 0.4) is 0 Å². The Morgan fingerprint density at radius 1 is 1.19 bits per heavy atom. The molecule has 0 unspecified atom stereocenters. The van der Waals surface area contributed by atoms with Crippen molar-refractivity contribution in [3.8, 4) is 11.7 Å². The van der Waals surface area contributed by atoms with Gasteiger partial charge in [-0.25, -0.2) is 4.68 Å². The second kappa shape index (κ2) is 8.18. The predicted octanol–water partition coefficient (Wildman–Crippen LogP) is 3.16. The fourth-order valence-electron chi connectivity index (χ4n) is 2.77. The molecule has 0 fully saturated rings. The first-order chi connectivity index (χ1) is 13.0. The number of hydrogen-bond acceptors (Lipinski definition) is 5. The predicted molar refractivity (Wildman–Crippen MR) is 102 cm³/mol. The molecular weight excluding hydrogens is 366 g/mol. The van der Waals surface area contributed by atoms with E-state index >= 15 is 0 Å². The van der Waals surface area contributed by atoms with Crippen LogP contribution in [0.5, 0.6) is 5.88 Å². The first-order valence-electron chi connectivity index (χ1n) is 8.48. The molecule has 0 aliphatic rings. The molecule has 2 aromatic heterocycles. The van der Waals surface area contributed by atoms with E-state index in [1.807, 2.05) is 31.2 Å². The molecule has 0 aliphatic carbocycles. The van der Waals surface area contributed by atoms with Crippen LogP contribution in [0.1, 0.15) is 28.5 Å². The molecule has 1 aromatic carbocycles. The number of ether oxygens (including phenoxy) is 1. The summed E-state index contributed by atoms with van der Waals surface area (Å²) in [7, 11) is 3.29. The van der Waals surface area contributed by atoms with Gasteiger partial charge in [-0.05, 0) is 30.2 Å². The lowest BCUT2D eigenvalue weighted by Crippen LogP contribution is -2.27. The van der Waals surface area contributed by atoms with E-state index < -0.39 is 0 Å². The Morgan fingerprint density at radius 2 is 1.93 bits per heavy atom. The summed E-state index contributed by atoms with van der Waals surface area (Å²) in [5.74, 6) is 0.851. The molecule has 3 rings (SSSR count). The molecule has 7 nitrogen and oxygen atoms in total. The zero-order valence-electron chi connectivity index (χ0n) is 15.4. The summed E-state index contributed by atoms with van der Waals surface area (Å²) >= 11 is 5.92. The Hall–Kier alpha value is -2.93. The van der Waals surface area contributed by atoms with Gasteiger partial charge < -0.3 is 9.64 Å². The van der Waals surface area contributed by atoms with Crippen LogP contribution in [0.4, 0.5) is 0 Å². The highest BCUT2D eigenvalue weighted by molar-refractivity contribution is 6.30. The van der Waals surface area contributed by atoms with Gasteiger partial charge in [0.15, 0.2) is 5.82 Å². The highest BCUT2D eigenvalue weighted by atomic mass is 35.5. The van der Waals surface area contributed by atoms with E-state index in [0.717, 1.165) is 11.3 Å².